The number of nitrogens with one attached hydrogen (secondary N) is 2. The molecule has 29 heavy (non-hydrogen) atoms. The Hall–Kier alpha value is -1.20. The number of thiol groups is 1. The average molecular weight is 421 g/mol. The van der Waals surface area contributed by atoms with Crippen molar-refractivity contribution in [1.82, 2.24) is 4.72 Å². The highest BCUT2D eigenvalue weighted by molar-refractivity contribution is 8.01. The molecule has 164 valence electrons. The quantitative estimate of drug-likeness (QED) is 0.575. The Morgan fingerprint density at radius 3 is 2.07 bits per heavy atom. The first-order valence-electron chi connectivity index (χ1n) is 11.4. The van der Waals surface area contributed by atoms with Gasteiger partial charge in [-0.15, -0.1) is 0 Å². The van der Waals surface area contributed by atoms with Crippen LogP contribution >= 0.6 is 0 Å². The van der Waals surface area contributed by atoms with Crippen LogP contribution in [-0.4, -0.2) is 27.2 Å². The Bertz CT molecular complexity index is 724. The largest absolute Gasteiger partial charge is 0.326 e. The van der Waals surface area contributed by atoms with Gasteiger partial charge in [0.2, 0.25) is 5.91 Å². The van der Waals surface area contributed by atoms with Gasteiger partial charge in [0, 0.05) is 28.6 Å². The lowest BCUT2D eigenvalue weighted by molar-refractivity contribution is -0.120. The molecule has 3 rings (SSSR count). The van der Waals surface area contributed by atoms with Crippen molar-refractivity contribution in [2.75, 3.05) is 11.6 Å². The predicted molar refractivity (Wildman–Crippen MR) is 125 cm³/mol. The maximum atomic E-state index is 12.9. The Labute approximate surface area is 178 Å². The lowest BCUT2D eigenvalue weighted by Gasteiger charge is -2.39. The van der Waals surface area contributed by atoms with Gasteiger partial charge in [0.1, 0.15) is 0 Å². The zero-order valence-corrected chi connectivity index (χ0v) is 19.6. The van der Waals surface area contributed by atoms with Crippen LogP contribution in [0.3, 0.4) is 0 Å². The molecule has 1 aromatic carbocycles. The maximum Gasteiger partial charge on any atom is 0.227 e. The molecule has 2 fully saturated rings. The highest BCUT2D eigenvalue weighted by Crippen LogP contribution is 2.33. The Morgan fingerprint density at radius 1 is 0.931 bits per heavy atom. The molecule has 1 amide bonds. The summed E-state index contributed by atoms with van der Waals surface area (Å²) in [5.74, 6) is 0.875. The standard InChI is InChI=1S/C24H40N2O2S/c1-24(2,3)29(4,28)26-22-16-12-20(13-17-22)23(27)25-21-14-10-19(11-15-21)18-8-6-5-7-9-18/h10-11,14-15,18,20,22,29H,5-9,12-13,16-17H2,1-4H3,(H,25,27)(H,26,28). The van der Waals surface area contributed by atoms with Crippen molar-refractivity contribution < 1.29 is 9.00 Å². The number of carbonyl (C=O) groups is 1. The van der Waals surface area contributed by atoms with Crippen LogP contribution in [0.25, 0.3) is 0 Å². The molecule has 0 radical (unpaired) electrons. The van der Waals surface area contributed by atoms with Gasteiger partial charge in [0.15, 0.2) is 0 Å². The first-order chi connectivity index (χ1) is 13.7. The van der Waals surface area contributed by atoms with Gasteiger partial charge in [-0.05, 0) is 82.9 Å². The van der Waals surface area contributed by atoms with Crippen molar-refractivity contribution in [1.29, 1.82) is 0 Å². The highest BCUT2D eigenvalue weighted by atomic mass is 32.3. The molecule has 1 aromatic rings. The van der Waals surface area contributed by atoms with E-state index >= 15 is 0 Å². The average Bonchev–Trinajstić information content (AvgIpc) is 2.68. The topological polar surface area (TPSA) is 58.2 Å². The molecule has 0 aromatic heterocycles. The number of hydrogen-bond donors (Lipinski definition) is 3. The minimum absolute atomic E-state index is 0.0527. The third kappa shape index (κ3) is 5.91. The van der Waals surface area contributed by atoms with Crippen molar-refractivity contribution in [3.8, 4) is 0 Å². The third-order valence-electron chi connectivity index (χ3n) is 7.06. The molecule has 0 saturated heterocycles. The lowest BCUT2D eigenvalue weighted by Crippen LogP contribution is -2.50. The number of hydrogen-bond acceptors (Lipinski definition) is 2. The van der Waals surface area contributed by atoms with Gasteiger partial charge in [0.25, 0.3) is 0 Å². The fourth-order valence-electron chi connectivity index (χ4n) is 4.55. The molecule has 2 N–H and O–H groups in total. The molecule has 0 heterocycles. The zero-order valence-electron chi connectivity index (χ0n) is 18.7. The van der Waals surface area contributed by atoms with Crippen LogP contribution in [0, 0.1) is 5.92 Å². The van der Waals surface area contributed by atoms with Gasteiger partial charge < -0.3 is 5.32 Å². The summed E-state index contributed by atoms with van der Waals surface area (Å²) < 4.78 is 16.1. The molecule has 4 nitrogen and oxygen atoms in total. The summed E-state index contributed by atoms with van der Waals surface area (Å²) in [5.41, 5.74) is 2.32. The number of benzene rings is 1. The van der Waals surface area contributed by atoms with E-state index in [9.17, 15) is 9.00 Å². The lowest BCUT2D eigenvalue weighted by atomic mass is 9.84. The molecular weight excluding hydrogens is 380 g/mol. The summed E-state index contributed by atoms with van der Waals surface area (Å²) in [6.45, 7) is 6.08. The van der Waals surface area contributed by atoms with Crippen LogP contribution in [0.15, 0.2) is 24.3 Å². The smallest absolute Gasteiger partial charge is 0.227 e. The molecule has 0 bridgehead atoms. The van der Waals surface area contributed by atoms with Gasteiger partial charge in [-0.2, -0.15) is 0 Å². The van der Waals surface area contributed by atoms with E-state index in [1.165, 1.54) is 37.7 Å². The highest BCUT2D eigenvalue weighted by Gasteiger charge is 2.32. The number of carbonyl (C=O) groups excluding carboxylic acids is 1. The fraction of sp³-hybridized carbons (Fsp3) is 0.708. The summed E-state index contributed by atoms with van der Waals surface area (Å²) in [6, 6.07) is 8.76. The van der Waals surface area contributed by atoms with E-state index in [0.717, 1.165) is 31.4 Å². The minimum Gasteiger partial charge on any atom is -0.326 e. The van der Waals surface area contributed by atoms with E-state index in [4.69, 9.17) is 0 Å². The second-order valence-electron chi connectivity index (χ2n) is 10.2. The van der Waals surface area contributed by atoms with Gasteiger partial charge in [0.05, 0.1) is 0 Å². The van der Waals surface area contributed by atoms with E-state index in [2.05, 4.69) is 34.3 Å². The molecule has 0 unspecified atom stereocenters. The van der Waals surface area contributed by atoms with Gasteiger partial charge in [-0.1, -0.05) is 41.5 Å². The van der Waals surface area contributed by atoms with E-state index in [1.54, 1.807) is 0 Å². The molecular formula is C24H40N2O2S. The van der Waals surface area contributed by atoms with Crippen molar-refractivity contribution >= 4 is 21.7 Å². The summed E-state index contributed by atoms with van der Waals surface area (Å²) in [4.78, 5) is 12.7. The molecule has 5 heteroatoms. The van der Waals surface area contributed by atoms with Crippen LogP contribution < -0.4 is 10.0 Å². The van der Waals surface area contributed by atoms with Crippen LogP contribution in [0.4, 0.5) is 5.69 Å². The summed E-state index contributed by atoms with van der Waals surface area (Å²) in [6.07, 6.45) is 12.0. The minimum atomic E-state index is -2.41. The molecule has 2 aliphatic carbocycles. The van der Waals surface area contributed by atoms with Crippen molar-refractivity contribution in [2.45, 2.75) is 95.3 Å². The van der Waals surface area contributed by atoms with Crippen molar-refractivity contribution in [3.63, 3.8) is 0 Å². The SMILES string of the molecule is CC(C)(C)[SH](C)(=O)NC1CCC(C(=O)Nc2ccc(C3CCCCC3)cc2)CC1. The number of rotatable bonds is 5. The molecule has 2 aliphatic rings. The Morgan fingerprint density at radius 2 is 1.52 bits per heavy atom. The molecule has 0 atom stereocenters. The zero-order chi connectivity index (χ0) is 21.1. The van der Waals surface area contributed by atoms with Gasteiger partial charge in [-0.3, -0.25) is 13.7 Å². The Kier molecular flexibility index (Phi) is 7.21. The number of anilines is 1. The molecule has 0 aliphatic heterocycles. The first kappa shape index (κ1) is 22.5. The van der Waals surface area contributed by atoms with E-state index < -0.39 is 10.1 Å². The Balaban J connectivity index is 1.48. The summed E-state index contributed by atoms with van der Waals surface area (Å²) in [7, 11) is -2.41. The second kappa shape index (κ2) is 9.30. The summed E-state index contributed by atoms with van der Waals surface area (Å²) >= 11 is 0. The van der Waals surface area contributed by atoms with Crippen molar-refractivity contribution in [2.24, 2.45) is 5.92 Å². The normalized spacial score (nSPS) is 24.8. The predicted octanol–water partition coefficient (Wildman–Crippen LogP) is 5.18. The van der Waals surface area contributed by atoms with Crippen LogP contribution in [-0.2, 0) is 14.9 Å². The fourth-order valence-corrected chi connectivity index (χ4v) is 5.89. The number of amides is 1. The van der Waals surface area contributed by atoms with Crippen molar-refractivity contribution in [3.05, 3.63) is 29.8 Å². The second-order valence-corrected chi connectivity index (χ2v) is 13.7. The van der Waals surface area contributed by atoms with Crippen LogP contribution in [0.5, 0.6) is 0 Å². The molecule has 2 saturated carbocycles. The monoisotopic (exact) mass is 420 g/mol. The van der Waals surface area contributed by atoms with E-state index in [1.807, 2.05) is 27.0 Å². The van der Waals surface area contributed by atoms with E-state index in [0.29, 0.717) is 5.92 Å². The van der Waals surface area contributed by atoms with E-state index in [-0.39, 0.29) is 22.6 Å². The van der Waals surface area contributed by atoms with Gasteiger partial charge in [-0.25, -0.2) is 0 Å². The maximum absolute atomic E-state index is 12.9. The molecule has 0 spiro atoms. The third-order valence-corrected chi connectivity index (χ3v) is 10.5. The van der Waals surface area contributed by atoms with Gasteiger partial charge >= 0.3 is 0 Å². The van der Waals surface area contributed by atoms with Crippen LogP contribution in [0.2, 0.25) is 0 Å². The summed E-state index contributed by atoms with van der Waals surface area (Å²) in [5, 5.41) is 3.11. The van der Waals surface area contributed by atoms with Crippen LogP contribution in [0.1, 0.15) is 90.0 Å². The first-order valence-corrected chi connectivity index (χ1v) is 13.6.